The Morgan fingerprint density at radius 3 is 2.30 bits per heavy atom. The van der Waals surface area contributed by atoms with Crippen molar-refractivity contribution in [1.29, 1.82) is 0 Å². The van der Waals surface area contributed by atoms with Crippen LogP contribution in [0.2, 0.25) is 0 Å². The molecule has 0 bridgehead atoms. The zero-order chi connectivity index (χ0) is 19.1. The van der Waals surface area contributed by atoms with E-state index in [1.54, 1.807) is 18.2 Å². The van der Waals surface area contributed by atoms with Crippen LogP contribution >= 0.6 is 0 Å². The molecule has 0 saturated heterocycles. The van der Waals surface area contributed by atoms with Crippen LogP contribution in [-0.4, -0.2) is 16.8 Å². The fourth-order valence-electron chi connectivity index (χ4n) is 4.20. The zero-order valence-corrected chi connectivity index (χ0v) is 16.6. The summed E-state index contributed by atoms with van der Waals surface area (Å²) in [5.74, 6) is 1.99. The molecule has 4 heteroatoms. The first-order valence-electron chi connectivity index (χ1n) is 10.4. The SMILES string of the molecule is CCC[C@H]1CC[C@H](CCc2ccc(-c3ccc(OCC)nn3)c(F)c2)CC1. The lowest BCUT2D eigenvalue weighted by Crippen LogP contribution is -2.15. The van der Waals surface area contributed by atoms with Crippen LogP contribution in [0.4, 0.5) is 4.39 Å². The highest BCUT2D eigenvalue weighted by Crippen LogP contribution is 2.34. The lowest BCUT2D eigenvalue weighted by molar-refractivity contribution is 0.252. The molecule has 27 heavy (non-hydrogen) atoms. The quantitative estimate of drug-likeness (QED) is 0.553. The van der Waals surface area contributed by atoms with Gasteiger partial charge in [-0.1, -0.05) is 51.5 Å². The molecule has 1 fully saturated rings. The van der Waals surface area contributed by atoms with Crippen LogP contribution in [-0.2, 0) is 6.42 Å². The number of aromatic nitrogens is 2. The number of benzene rings is 1. The first kappa shape index (κ1) is 19.8. The average Bonchev–Trinajstić information content (AvgIpc) is 2.69. The summed E-state index contributed by atoms with van der Waals surface area (Å²) in [6.07, 6.45) is 10.2. The highest BCUT2D eigenvalue weighted by Gasteiger charge is 2.20. The van der Waals surface area contributed by atoms with Gasteiger partial charge < -0.3 is 4.74 Å². The van der Waals surface area contributed by atoms with Gasteiger partial charge in [-0.05, 0) is 55.4 Å². The van der Waals surface area contributed by atoms with Gasteiger partial charge in [0.2, 0.25) is 5.88 Å². The van der Waals surface area contributed by atoms with Crippen LogP contribution in [0.1, 0.15) is 64.4 Å². The third kappa shape index (κ3) is 5.50. The van der Waals surface area contributed by atoms with Crippen molar-refractivity contribution in [2.75, 3.05) is 6.61 Å². The van der Waals surface area contributed by atoms with Crippen LogP contribution in [0.3, 0.4) is 0 Å². The number of hydrogen-bond acceptors (Lipinski definition) is 3. The Labute approximate surface area is 162 Å². The van der Waals surface area contributed by atoms with Crippen molar-refractivity contribution < 1.29 is 9.13 Å². The van der Waals surface area contributed by atoms with Crippen molar-refractivity contribution in [2.24, 2.45) is 11.8 Å². The van der Waals surface area contributed by atoms with Gasteiger partial charge in [-0.2, -0.15) is 0 Å². The highest BCUT2D eigenvalue weighted by atomic mass is 19.1. The topological polar surface area (TPSA) is 35.0 Å². The monoisotopic (exact) mass is 370 g/mol. The van der Waals surface area contributed by atoms with Crippen molar-refractivity contribution in [1.82, 2.24) is 10.2 Å². The molecule has 0 spiro atoms. The van der Waals surface area contributed by atoms with Gasteiger partial charge in [0.25, 0.3) is 0 Å². The molecule has 0 aliphatic heterocycles. The maximum Gasteiger partial charge on any atom is 0.233 e. The molecule has 146 valence electrons. The van der Waals surface area contributed by atoms with Gasteiger partial charge in [0.05, 0.1) is 12.3 Å². The number of ether oxygens (including phenoxy) is 1. The molecule has 0 amide bonds. The molecule has 1 aromatic carbocycles. The number of hydrogen-bond donors (Lipinski definition) is 0. The molecule has 2 aromatic rings. The average molecular weight is 371 g/mol. The molecule has 0 unspecified atom stereocenters. The van der Waals surface area contributed by atoms with Crippen molar-refractivity contribution in [3.05, 3.63) is 41.7 Å². The van der Waals surface area contributed by atoms with Gasteiger partial charge in [-0.15, -0.1) is 10.2 Å². The Balaban J connectivity index is 1.55. The lowest BCUT2D eigenvalue weighted by atomic mass is 9.78. The van der Waals surface area contributed by atoms with Gasteiger partial charge in [-0.3, -0.25) is 0 Å². The smallest absolute Gasteiger partial charge is 0.233 e. The van der Waals surface area contributed by atoms with E-state index < -0.39 is 0 Å². The maximum absolute atomic E-state index is 14.6. The molecular weight excluding hydrogens is 339 g/mol. The minimum atomic E-state index is -0.224. The largest absolute Gasteiger partial charge is 0.477 e. The number of aryl methyl sites for hydroxylation is 1. The van der Waals surface area contributed by atoms with Crippen molar-refractivity contribution >= 4 is 0 Å². The van der Waals surface area contributed by atoms with Gasteiger partial charge in [-0.25, -0.2) is 4.39 Å². The summed E-state index contributed by atoms with van der Waals surface area (Å²) >= 11 is 0. The zero-order valence-electron chi connectivity index (χ0n) is 16.6. The summed E-state index contributed by atoms with van der Waals surface area (Å²) in [6, 6.07) is 9.00. The predicted molar refractivity (Wildman–Crippen MR) is 107 cm³/mol. The van der Waals surface area contributed by atoms with Crippen LogP contribution in [0.25, 0.3) is 11.3 Å². The standard InChI is InChI=1S/C23H31FN2O/c1-3-5-17-6-8-18(9-7-17)10-11-19-12-13-20(21(24)16-19)22-14-15-23(26-25-22)27-4-2/h12-18H,3-11H2,1-2H3/t17-,18-. The Bertz CT molecular complexity index is 709. The minimum Gasteiger partial charge on any atom is -0.477 e. The lowest BCUT2D eigenvalue weighted by Gasteiger charge is -2.28. The molecule has 1 saturated carbocycles. The highest BCUT2D eigenvalue weighted by molar-refractivity contribution is 5.60. The second kappa shape index (κ2) is 9.82. The third-order valence-electron chi connectivity index (χ3n) is 5.75. The van der Waals surface area contributed by atoms with Gasteiger partial charge in [0.1, 0.15) is 5.82 Å². The van der Waals surface area contributed by atoms with Crippen molar-refractivity contribution in [2.45, 2.75) is 65.2 Å². The fraction of sp³-hybridized carbons (Fsp3) is 0.565. The summed E-state index contributed by atoms with van der Waals surface area (Å²) in [5, 5.41) is 8.07. The van der Waals surface area contributed by atoms with Crippen molar-refractivity contribution in [3.8, 4) is 17.1 Å². The summed E-state index contributed by atoms with van der Waals surface area (Å²) in [7, 11) is 0. The van der Waals surface area contributed by atoms with E-state index in [1.165, 1.54) is 44.9 Å². The first-order chi connectivity index (χ1) is 13.2. The molecule has 0 atom stereocenters. The van der Waals surface area contributed by atoms with E-state index in [1.807, 2.05) is 19.1 Å². The predicted octanol–water partition coefficient (Wildman–Crippen LogP) is 6.22. The maximum atomic E-state index is 14.6. The summed E-state index contributed by atoms with van der Waals surface area (Å²) in [4.78, 5) is 0. The normalized spacial score (nSPS) is 19.8. The molecule has 0 radical (unpaired) electrons. The van der Waals surface area contributed by atoms with Crippen LogP contribution in [0.15, 0.2) is 30.3 Å². The van der Waals surface area contributed by atoms with E-state index in [0.29, 0.717) is 23.7 Å². The van der Waals surface area contributed by atoms with Gasteiger partial charge in [0.15, 0.2) is 0 Å². The molecule has 1 aromatic heterocycles. The molecule has 1 aliphatic rings. The fourth-order valence-corrected chi connectivity index (χ4v) is 4.20. The van der Waals surface area contributed by atoms with Crippen LogP contribution in [0.5, 0.6) is 5.88 Å². The molecule has 1 heterocycles. The summed E-state index contributed by atoms with van der Waals surface area (Å²) in [5.41, 5.74) is 2.11. The van der Waals surface area contributed by atoms with Crippen LogP contribution < -0.4 is 4.74 Å². The second-order valence-corrected chi connectivity index (χ2v) is 7.72. The first-order valence-corrected chi connectivity index (χ1v) is 10.4. The van der Waals surface area contributed by atoms with Gasteiger partial charge in [0, 0.05) is 11.6 Å². The van der Waals surface area contributed by atoms with E-state index in [9.17, 15) is 4.39 Å². The number of rotatable bonds is 8. The number of halogens is 1. The summed E-state index contributed by atoms with van der Waals surface area (Å²) in [6.45, 7) is 4.71. The Morgan fingerprint density at radius 2 is 1.70 bits per heavy atom. The second-order valence-electron chi connectivity index (χ2n) is 7.72. The Morgan fingerprint density at radius 1 is 0.963 bits per heavy atom. The van der Waals surface area contributed by atoms with E-state index in [4.69, 9.17) is 4.74 Å². The molecule has 1 aliphatic carbocycles. The summed E-state index contributed by atoms with van der Waals surface area (Å²) < 4.78 is 19.9. The third-order valence-corrected chi connectivity index (χ3v) is 5.75. The van der Waals surface area contributed by atoms with E-state index >= 15 is 0 Å². The molecule has 3 nitrogen and oxygen atoms in total. The van der Waals surface area contributed by atoms with E-state index in [2.05, 4.69) is 17.1 Å². The molecule has 3 rings (SSSR count). The minimum absolute atomic E-state index is 0.224. The number of nitrogens with zero attached hydrogens (tertiary/aromatic N) is 2. The van der Waals surface area contributed by atoms with Crippen molar-refractivity contribution in [3.63, 3.8) is 0 Å². The van der Waals surface area contributed by atoms with E-state index in [-0.39, 0.29) is 5.82 Å². The molecule has 0 N–H and O–H groups in total. The Hall–Kier alpha value is -1.97. The van der Waals surface area contributed by atoms with E-state index in [0.717, 1.165) is 23.8 Å². The Kier molecular flexibility index (Phi) is 7.19. The molecular formula is C23H31FN2O. The van der Waals surface area contributed by atoms with Crippen LogP contribution in [0, 0.1) is 17.7 Å². The van der Waals surface area contributed by atoms with Gasteiger partial charge >= 0.3 is 0 Å².